The molecule has 0 bridgehead atoms. The number of anilines is 1. The molecule has 0 saturated heterocycles. The predicted octanol–water partition coefficient (Wildman–Crippen LogP) is 4.49. The predicted molar refractivity (Wildman–Crippen MR) is 71.5 cm³/mol. The Balaban J connectivity index is 2.15. The molecule has 0 radical (unpaired) electrons. The highest BCUT2D eigenvalue weighted by molar-refractivity contribution is 5.48. The molecule has 1 N–H and O–H groups in total. The Morgan fingerprint density at radius 1 is 1.10 bits per heavy atom. The lowest BCUT2D eigenvalue weighted by Gasteiger charge is -2.13. The van der Waals surface area contributed by atoms with Gasteiger partial charge >= 0.3 is 6.61 Å². The van der Waals surface area contributed by atoms with Crippen LogP contribution in [-0.4, -0.2) is 6.61 Å². The Bertz CT molecular complexity index is 631. The third kappa shape index (κ3) is 3.87. The number of alkyl halides is 2. The van der Waals surface area contributed by atoms with E-state index in [9.17, 15) is 17.6 Å². The molecule has 0 aliphatic carbocycles. The van der Waals surface area contributed by atoms with Crippen molar-refractivity contribution < 1.29 is 22.3 Å². The minimum absolute atomic E-state index is 0.00649. The first kappa shape index (κ1) is 15.2. The van der Waals surface area contributed by atoms with E-state index in [1.54, 1.807) is 18.2 Å². The summed E-state index contributed by atoms with van der Waals surface area (Å²) in [5.74, 6) is -1.16. The molecule has 112 valence electrons. The number of hydrogen-bond acceptors (Lipinski definition) is 2. The minimum Gasteiger partial charge on any atom is -0.434 e. The van der Waals surface area contributed by atoms with Crippen LogP contribution in [0, 0.1) is 18.6 Å². The topological polar surface area (TPSA) is 21.3 Å². The van der Waals surface area contributed by atoms with E-state index in [1.165, 1.54) is 13.0 Å². The van der Waals surface area contributed by atoms with Crippen LogP contribution in [0.5, 0.6) is 5.75 Å². The number of benzene rings is 2. The minimum atomic E-state index is -2.94. The van der Waals surface area contributed by atoms with Crippen LogP contribution in [0.1, 0.15) is 11.1 Å². The largest absolute Gasteiger partial charge is 0.434 e. The Labute approximate surface area is 119 Å². The first-order valence-electron chi connectivity index (χ1n) is 6.19. The Morgan fingerprint density at radius 3 is 2.52 bits per heavy atom. The molecular formula is C15H13F4NO. The standard InChI is InChI=1S/C15H13F4NO/c1-9-6-12(17)13(7-11(9)16)20-8-10-4-2-3-5-14(10)21-15(18)19/h2-7,15,20H,8H2,1H3. The second-order valence-electron chi connectivity index (χ2n) is 4.42. The molecular weight excluding hydrogens is 286 g/mol. The summed E-state index contributed by atoms with van der Waals surface area (Å²) in [6.07, 6.45) is 0. The van der Waals surface area contributed by atoms with Crippen LogP contribution in [0.2, 0.25) is 0 Å². The number of hydrogen-bond donors (Lipinski definition) is 1. The van der Waals surface area contributed by atoms with Crippen LogP contribution >= 0.6 is 0 Å². The first-order chi connectivity index (χ1) is 9.97. The zero-order valence-corrected chi connectivity index (χ0v) is 11.2. The van der Waals surface area contributed by atoms with E-state index in [2.05, 4.69) is 10.1 Å². The summed E-state index contributed by atoms with van der Waals surface area (Å²) in [6.45, 7) is -1.46. The fourth-order valence-electron chi connectivity index (χ4n) is 1.83. The van der Waals surface area contributed by atoms with Crippen molar-refractivity contribution in [3.05, 3.63) is 59.2 Å². The number of aryl methyl sites for hydroxylation is 1. The van der Waals surface area contributed by atoms with E-state index in [0.717, 1.165) is 12.1 Å². The van der Waals surface area contributed by atoms with Crippen LogP contribution < -0.4 is 10.1 Å². The lowest BCUT2D eigenvalue weighted by atomic mass is 10.1. The molecule has 0 atom stereocenters. The quantitative estimate of drug-likeness (QED) is 0.822. The van der Waals surface area contributed by atoms with E-state index < -0.39 is 18.2 Å². The summed E-state index contributed by atoms with van der Waals surface area (Å²) in [6, 6.07) is 8.23. The average molecular weight is 299 g/mol. The van der Waals surface area contributed by atoms with Crippen LogP contribution in [0.4, 0.5) is 23.2 Å². The SMILES string of the molecule is Cc1cc(F)c(NCc2ccccc2OC(F)F)cc1F. The van der Waals surface area contributed by atoms with Gasteiger partial charge in [0.2, 0.25) is 0 Å². The monoisotopic (exact) mass is 299 g/mol. The van der Waals surface area contributed by atoms with Gasteiger partial charge in [-0.3, -0.25) is 0 Å². The van der Waals surface area contributed by atoms with Gasteiger partial charge in [0.15, 0.2) is 0 Å². The third-order valence-electron chi connectivity index (χ3n) is 2.91. The van der Waals surface area contributed by atoms with Gasteiger partial charge in [0.1, 0.15) is 17.4 Å². The molecule has 0 amide bonds. The average Bonchev–Trinajstić information content (AvgIpc) is 2.42. The molecule has 2 rings (SSSR count). The Kier molecular flexibility index (Phi) is 4.67. The van der Waals surface area contributed by atoms with Gasteiger partial charge in [0.25, 0.3) is 0 Å². The van der Waals surface area contributed by atoms with Crippen LogP contribution in [0.15, 0.2) is 36.4 Å². The van der Waals surface area contributed by atoms with Crippen molar-refractivity contribution >= 4 is 5.69 Å². The summed E-state index contributed by atoms with van der Waals surface area (Å²) in [7, 11) is 0. The molecule has 0 saturated carbocycles. The van der Waals surface area contributed by atoms with Gasteiger partial charge in [-0.2, -0.15) is 8.78 Å². The Morgan fingerprint density at radius 2 is 1.81 bits per heavy atom. The summed E-state index contributed by atoms with van der Waals surface area (Å²) < 4.78 is 56.0. The van der Waals surface area contributed by atoms with E-state index >= 15 is 0 Å². The highest BCUT2D eigenvalue weighted by Gasteiger charge is 2.11. The number of ether oxygens (including phenoxy) is 1. The summed E-state index contributed by atoms with van der Waals surface area (Å²) in [5.41, 5.74) is 0.572. The molecule has 0 aliphatic rings. The second-order valence-corrected chi connectivity index (χ2v) is 4.42. The molecule has 6 heteroatoms. The van der Waals surface area contributed by atoms with Gasteiger partial charge in [-0.1, -0.05) is 18.2 Å². The normalized spacial score (nSPS) is 10.8. The number of rotatable bonds is 5. The van der Waals surface area contributed by atoms with E-state index in [4.69, 9.17) is 0 Å². The molecule has 0 aliphatic heterocycles. The summed E-state index contributed by atoms with van der Waals surface area (Å²) in [5, 5.41) is 2.67. The Hall–Kier alpha value is -2.24. The highest BCUT2D eigenvalue weighted by atomic mass is 19.3. The van der Waals surface area contributed by atoms with Crippen LogP contribution in [0.3, 0.4) is 0 Å². The van der Waals surface area contributed by atoms with Crippen molar-refractivity contribution in [3.8, 4) is 5.75 Å². The fourth-order valence-corrected chi connectivity index (χ4v) is 1.83. The lowest BCUT2D eigenvalue weighted by Crippen LogP contribution is -2.08. The summed E-state index contributed by atoms with van der Waals surface area (Å²) in [4.78, 5) is 0. The van der Waals surface area contributed by atoms with Crippen molar-refractivity contribution in [3.63, 3.8) is 0 Å². The lowest BCUT2D eigenvalue weighted by molar-refractivity contribution is -0.0504. The molecule has 0 fully saturated rings. The fraction of sp³-hybridized carbons (Fsp3) is 0.200. The van der Waals surface area contributed by atoms with Gasteiger partial charge in [-0.15, -0.1) is 0 Å². The number of para-hydroxylation sites is 1. The number of halogens is 4. The highest BCUT2D eigenvalue weighted by Crippen LogP contribution is 2.23. The second kappa shape index (κ2) is 6.47. The van der Waals surface area contributed by atoms with Crippen molar-refractivity contribution in [2.45, 2.75) is 20.1 Å². The molecule has 0 spiro atoms. The molecule has 2 aromatic carbocycles. The first-order valence-corrected chi connectivity index (χ1v) is 6.19. The smallest absolute Gasteiger partial charge is 0.387 e. The maximum Gasteiger partial charge on any atom is 0.387 e. The van der Waals surface area contributed by atoms with Crippen LogP contribution in [0.25, 0.3) is 0 Å². The molecule has 0 heterocycles. The van der Waals surface area contributed by atoms with Gasteiger partial charge in [0.05, 0.1) is 5.69 Å². The maximum absolute atomic E-state index is 13.7. The van der Waals surface area contributed by atoms with Crippen LogP contribution in [-0.2, 0) is 6.54 Å². The molecule has 21 heavy (non-hydrogen) atoms. The van der Waals surface area contributed by atoms with Crippen molar-refractivity contribution in [1.82, 2.24) is 0 Å². The molecule has 0 aromatic heterocycles. The van der Waals surface area contributed by atoms with E-state index in [0.29, 0.717) is 5.56 Å². The van der Waals surface area contributed by atoms with Crippen molar-refractivity contribution in [2.75, 3.05) is 5.32 Å². The summed E-state index contributed by atoms with van der Waals surface area (Å²) >= 11 is 0. The van der Waals surface area contributed by atoms with Crippen molar-refractivity contribution in [1.29, 1.82) is 0 Å². The molecule has 2 aromatic rings. The molecule has 0 unspecified atom stereocenters. The van der Waals surface area contributed by atoms with Gasteiger partial charge < -0.3 is 10.1 Å². The third-order valence-corrected chi connectivity index (χ3v) is 2.91. The van der Waals surface area contributed by atoms with Gasteiger partial charge in [-0.25, -0.2) is 8.78 Å². The van der Waals surface area contributed by atoms with E-state index in [-0.39, 0.29) is 23.5 Å². The zero-order chi connectivity index (χ0) is 15.4. The van der Waals surface area contributed by atoms with Gasteiger partial charge in [0, 0.05) is 18.2 Å². The van der Waals surface area contributed by atoms with Crippen molar-refractivity contribution in [2.24, 2.45) is 0 Å². The maximum atomic E-state index is 13.7. The van der Waals surface area contributed by atoms with Gasteiger partial charge in [-0.05, 0) is 24.6 Å². The number of nitrogens with one attached hydrogen (secondary N) is 1. The van der Waals surface area contributed by atoms with E-state index in [1.807, 2.05) is 0 Å². The molecule has 2 nitrogen and oxygen atoms in total. The zero-order valence-electron chi connectivity index (χ0n) is 11.2.